The minimum Gasteiger partial charge on any atom is -0.318 e. The van der Waals surface area contributed by atoms with Crippen LogP contribution in [-0.4, -0.2) is 11.7 Å². The monoisotopic (exact) mass is 163 g/mol. The van der Waals surface area contributed by atoms with Crippen LogP contribution >= 0.6 is 12.4 Å². The van der Waals surface area contributed by atoms with Crippen molar-refractivity contribution < 1.29 is 13.2 Å². The van der Waals surface area contributed by atoms with Crippen LogP contribution in [0.2, 0.25) is 0 Å². The van der Waals surface area contributed by atoms with Gasteiger partial charge in [0.2, 0.25) is 0 Å². The van der Waals surface area contributed by atoms with E-state index in [1.165, 1.54) is 0 Å². The minimum absolute atomic E-state index is 0. The van der Waals surface area contributed by atoms with Crippen molar-refractivity contribution in [2.24, 2.45) is 5.73 Å². The Morgan fingerprint density at radius 2 is 1.22 bits per heavy atom. The molecule has 0 aromatic rings. The Balaban J connectivity index is 0. The van der Waals surface area contributed by atoms with Gasteiger partial charge in [-0.15, -0.1) is 12.4 Å². The SMILES string of the molecule is CC(C)(N)C(F)(F)F.Cl. The highest BCUT2D eigenvalue weighted by molar-refractivity contribution is 5.85. The normalized spacial score (nSPS) is 12.7. The van der Waals surface area contributed by atoms with Crippen molar-refractivity contribution in [2.75, 3.05) is 0 Å². The number of hydrogen-bond acceptors (Lipinski definition) is 1. The van der Waals surface area contributed by atoms with Crippen LogP contribution in [0.1, 0.15) is 13.8 Å². The van der Waals surface area contributed by atoms with Gasteiger partial charge in [-0.25, -0.2) is 0 Å². The third-order valence-corrected chi connectivity index (χ3v) is 0.731. The summed E-state index contributed by atoms with van der Waals surface area (Å²) in [7, 11) is 0. The van der Waals surface area contributed by atoms with Crippen LogP contribution in [0.4, 0.5) is 13.2 Å². The highest BCUT2D eigenvalue weighted by atomic mass is 35.5. The molecule has 5 heteroatoms. The lowest BCUT2D eigenvalue weighted by molar-refractivity contribution is -0.175. The quantitative estimate of drug-likeness (QED) is 0.578. The van der Waals surface area contributed by atoms with E-state index >= 15 is 0 Å². The summed E-state index contributed by atoms with van der Waals surface area (Å²) in [5, 5.41) is 0. The highest BCUT2D eigenvalue weighted by Gasteiger charge is 2.43. The van der Waals surface area contributed by atoms with E-state index < -0.39 is 11.7 Å². The van der Waals surface area contributed by atoms with Gasteiger partial charge in [0.1, 0.15) is 5.54 Å². The zero-order valence-corrected chi connectivity index (χ0v) is 5.94. The molecule has 9 heavy (non-hydrogen) atoms. The van der Waals surface area contributed by atoms with Crippen LogP contribution < -0.4 is 5.73 Å². The van der Waals surface area contributed by atoms with Crippen molar-refractivity contribution in [3.63, 3.8) is 0 Å². The molecule has 1 nitrogen and oxygen atoms in total. The average Bonchev–Trinajstić information content (AvgIpc) is 1.25. The first-order valence-corrected chi connectivity index (χ1v) is 2.11. The predicted molar refractivity (Wildman–Crippen MR) is 31.6 cm³/mol. The fraction of sp³-hybridized carbons (Fsp3) is 1.00. The smallest absolute Gasteiger partial charge is 0.318 e. The van der Waals surface area contributed by atoms with Crippen LogP contribution in [0.25, 0.3) is 0 Å². The molecule has 0 aromatic heterocycles. The summed E-state index contributed by atoms with van der Waals surface area (Å²) >= 11 is 0. The molecule has 0 aliphatic rings. The number of nitrogens with two attached hydrogens (primary N) is 1. The van der Waals surface area contributed by atoms with E-state index in [4.69, 9.17) is 0 Å². The molecule has 0 fully saturated rings. The van der Waals surface area contributed by atoms with Gasteiger partial charge in [-0.1, -0.05) is 0 Å². The minimum atomic E-state index is -4.28. The second-order valence-corrected chi connectivity index (χ2v) is 2.22. The van der Waals surface area contributed by atoms with Crippen LogP contribution in [0.5, 0.6) is 0 Å². The van der Waals surface area contributed by atoms with Crippen LogP contribution in [0.3, 0.4) is 0 Å². The molecule has 0 unspecified atom stereocenters. The van der Waals surface area contributed by atoms with Crippen molar-refractivity contribution in [3.05, 3.63) is 0 Å². The number of halogens is 4. The van der Waals surface area contributed by atoms with Crippen molar-refractivity contribution >= 4 is 12.4 Å². The molecule has 0 amide bonds. The molecule has 58 valence electrons. The molecule has 0 spiro atoms. The summed E-state index contributed by atoms with van der Waals surface area (Å²) in [6.07, 6.45) is -4.28. The number of rotatable bonds is 0. The lowest BCUT2D eigenvalue weighted by Crippen LogP contribution is -2.47. The Labute approximate surface area is 57.8 Å². The summed E-state index contributed by atoms with van der Waals surface area (Å²) in [6, 6.07) is 0. The third-order valence-electron chi connectivity index (χ3n) is 0.731. The zero-order chi connectivity index (χ0) is 7.00. The van der Waals surface area contributed by atoms with Crippen molar-refractivity contribution in [1.82, 2.24) is 0 Å². The predicted octanol–water partition coefficient (Wildman–Crippen LogP) is 1.71. The lowest BCUT2D eigenvalue weighted by atomic mass is 10.1. The molecule has 0 saturated carbocycles. The van der Waals surface area contributed by atoms with Crippen molar-refractivity contribution in [2.45, 2.75) is 25.6 Å². The zero-order valence-electron chi connectivity index (χ0n) is 5.12. The van der Waals surface area contributed by atoms with Gasteiger partial charge >= 0.3 is 6.18 Å². The molecule has 0 saturated heterocycles. The Hall–Kier alpha value is 0.0400. The van der Waals surface area contributed by atoms with Gasteiger partial charge in [0.05, 0.1) is 0 Å². The van der Waals surface area contributed by atoms with Gasteiger partial charge in [-0.3, -0.25) is 0 Å². The van der Waals surface area contributed by atoms with Crippen LogP contribution in [-0.2, 0) is 0 Å². The summed E-state index contributed by atoms with van der Waals surface area (Å²) in [5.74, 6) is 0. The Bertz CT molecular complexity index is 70.8. The van der Waals surface area contributed by atoms with Gasteiger partial charge in [0, 0.05) is 0 Å². The Kier molecular flexibility index (Phi) is 3.60. The van der Waals surface area contributed by atoms with E-state index in [2.05, 4.69) is 5.73 Å². The fourth-order valence-corrected chi connectivity index (χ4v) is 0. The van der Waals surface area contributed by atoms with Crippen LogP contribution in [0, 0.1) is 0 Å². The summed E-state index contributed by atoms with van der Waals surface area (Å²) < 4.78 is 34.3. The van der Waals surface area contributed by atoms with Gasteiger partial charge in [-0.05, 0) is 13.8 Å². The molecule has 0 aliphatic heterocycles. The van der Waals surface area contributed by atoms with Gasteiger partial charge in [-0.2, -0.15) is 13.2 Å². The second-order valence-electron chi connectivity index (χ2n) is 2.22. The maximum absolute atomic E-state index is 11.4. The first-order chi connectivity index (χ1) is 3.25. The molecule has 2 N–H and O–H groups in total. The highest BCUT2D eigenvalue weighted by Crippen LogP contribution is 2.26. The van der Waals surface area contributed by atoms with Gasteiger partial charge in [0.15, 0.2) is 0 Å². The molecular weight excluding hydrogens is 154 g/mol. The fourth-order valence-electron chi connectivity index (χ4n) is 0. The number of alkyl halides is 3. The standard InChI is InChI=1S/C4H8F3N.ClH/c1-3(2,8)4(5,6)7;/h8H2,1-2H3;1H. The molecule has 0 rings (SSSR count). The molecular formula is C4H9ClF3N. The maximum Gasteiger partial charge on any atom is 0.405 e. The van der Waals surface area contributed by atoms with E-state index in [1.807, 2.05) is 0 Å². The number of hydrogen-bond donors (Lipinski definition) is 1. The molecule has 0 aliphatic carbocycles. The van der Waals surface area contributed by atoms with Crippen molar-refractivity contribution in [3.8, 4) is 0 Å². The summed E-state index contributed by atoms with van der Waals surface area (Å²) in [4.78, 5) is 0. The Morgan fingerprint density at radius 3 is 1.22 bits per heavy atom. The largest absolute Gasteiger partial charge is 0.405 e. The van der Waals surface area contributed by atoms with E-state index in [-0.39, 0.29) is 12.4 Å². The maximum atomic E-state index is 11.4. The average molecular weight is 164 g/mol. The second kappa shape index (κ2) is 2.75. The summed E-state index contributed by atoms with van der Waals surface area (Å²) in [5.41, 5.74) is 2.62. The topological polar surface area (TPSA) is 26.0 Å². The van der Waals surface area contributed by atoms with E-state index in [0.29, 0.717) is 0 Å². The molecule has 0 atom stereocenters. The van der Waals surface area contributed by atoms with Crippen molar-refractivity contribution in [1.29, 1.82) is 0 Å². The molecule has 0 bridgehead atoms. The first-order valence-electron chi connectivity index (χ1n) is 2.11. The Morgan fingerprint density at radius 1 is 1.11 bits per heavy atom. The molecule has 0 heterocycles. The summed E-state index contributed by atoms with van der Waals surface area (Å²) in [6.45, 7) is 1.85. The first kappa shape index (κ1) is 11.8. The van der Waals surface area contributed by atoms with Gasteiger partial charge < -0.3 is 5.73 Å². The van der Waals surface area contributed by atoms with E-state index in [0.717, 1.165) is 13.8 Å². The lowest BCUT2D eigenvalue weighted by Gasteiger charge is -2.21. The third kappa shape index (κ3) is 3.59. The molecule has 0 aromatic carbocycles. The van der Waals surface area contributed by atoms with E-state index in [9.17, 15) is 13.2 Å². The molecule has 0 radical (unpaired) electrons. The van der Waals surface area contributed by atoms with Gasteiger partial charge in [0.25, 0.3) is 0 Å². The van der Waals surface area contributed by atoms with Crippen LogP contribution in [0.15, 0.2) is 0 Å². The van der Waals surface area contributed by atoms with E-state index in [1.54, 1.807) is 0 Å².